The first-order chi connectivity index (χ1) is 15.2. The summed E-state index contributed by atoms with van der Waals surface area (Å²) in [6, 6.07) is 17.4. The average molecular weight is 419 g/mol. The lowest BCUT2D eigenvalue weighted by Gasteiger charge is -2.30. The highest BCUT2D eigenvalue weighted by atomic mass is 16.5. The Morgan fingerprint density at radius 3 is 2.26 bits per heavy atom. The maximum absolute atomic E-state index is 12.7. The lowest BCUT2D eigenvalue weighted by molar-refractivity contribution is -0.130. The van der Waals surface area contributed by atoms with Crippen molar-refractivity contribution in [3.05, 3.63) is 66.2 Å². The number of nitrogens with zero attached hydrogens (tertiary/aromatic N) is 1. The van der Waals surface area contributed by atoms with E-state index in [0.29, 0.717) is 32.0 Å². The molecule has 1 saturated carbocycles. The third-order valence-corrected chi connectivity index (χ3v) is 6.12. The number of carbonyl (C=O) groups is 2. The topological polar surface area (TPSA) is 58.6 Å². The first kappa shape index (κ1) is 21.2. The average Bonchev–Trinajstić information content (AvgIpc) is 3.32. The van der Waals surface area contributed by atoms with Gasteiger partial charge in [-0.3, -0.25) is 9.59 Å². The standard InChI is InChI=1S/C26H30N2O3/c29-25(15-10-20-6-2-1-3-7-20)28-18-16-21(17-19-28)26(30)27-22-11-13-24(14-12-22)31-23-8-4-5-9-23/h1-3,6-7,10-15,21,23H,4-5,8-9,16-19H2,(H,27,30)/b15-10+. The van der Waals surface area contributed by atoms with E-state index < -0.39 is 0 Å². The smallest absolute Gasteiger partial charge is 0.246 e. The monoisotopic (exact) mass is 418 g/mol. The van der Waals surface area contributed by atoms with Crippen molar-refractivity contribution >= 4 is 23.6 Å². The van der Waals surface area contributed by atoms with Crippen LogP contribution in [0, 0.1) is 5.92 Å². The minimum atomic E-state index is -0.0726. The number of hydrogen-bond donors (Lipinski definition) is 1. The predicted octanol–water partition coefficient (Wildman–Crippen LogP) is 4.90. The zero-order chi connectivity index (χ0) is 21.5. The fourth-order valence-corrected chi connectivity index (χ4v) is 4.26. The van der Waals surface area contributed by atoms with Crippen molar-refractivity contribution in [2.24, 2.45) is 5.92 Å². The molecule has 4 rings (SSSR count). The Bertz CT molecular complexity index is 894. The molecule has 0 aromatic heterocycles. The van der Waals surface area contributed by atoms with Gasteiger partial charge >= 0.3 is 0 Å². The van der Waals surface area contributed by atoms with Crippen LogP contribution in [0.25, 0.3) is 6.08 Å². The summed E-state index contributed by atoms with van der Waals surface area (Å²) in [7, 11) is 0. The summed E-state index contributed by atoms with van der Waals surface area (Å²) < 4.78 is 5.98. The number of benzene rings is 2. The van der Waals surface area contributed by atoms with Gasteiger partial charge in [0.15, 0.2) is 0 Å². The van der Waals surface area contributed by atoms with Gasteiger partial charge in [-0.25, -0.2) is 0 Å². The maximum Gasteiger partial charge on any atom is 0.246 e. The second-order valence-electron chi connectivity index (χ2n) is 8.38. The molecule has 31 heavy (non-hydrogen) atoms. The van der Waals surface area contributed by atoms with Gasteiger partial charge in [0.2, 0.25) is 11.8 Å². The molecule has 1 saturated heterocycles. The Morgan fingerprint density at radius 2 is 1.58 bits per heavy atom. The minimum absolute atomic E-state index is 0.000521. The van der Waals surface area contributed by atoms with Gasteiger partial charge in [-0.05, 0) is 74.4 Å². The Balaban J connectivity index is 1.22. The molecule has 1 aliphatic carbocycles. The van der Waals surface area contributed by atoms with Crippen molar-refractivity contribution < 1.29 is 14.3 Å². The van der Waals surface area contributed by atoms with E-state index >= 15 is 0 Å². The number of ether oxygens (including phenoxy) is 1. The van der Waals surface area contributed by atoms with Gasteiger partial charge < -0.3 is 15.0 Å². The van der Waals surface area contributed by atoms with Crippen molar-refractivity contribution in [1.82, 2.24) is 4.90 Å². The number of carbonyl (C=O) groups excluding carboxylic acids is 2. The van der Waals surface area contributed by atoms with Crippen LogP contribution in [-0.4, -0.2) is 35.9 Å². The number of likely N-dealkylation sites (tertiary alicyclic amines) is 1. The van der Waals surface area contributed by atoms with Crippen LogP contribution in [0.4, 0.5) is 5.69 Å². The maximum atomic E-state index is 12.7. The summed E-state index contributed by atoms with van der Waals surface area (Å²) in [5.74, 6) is 0.814. The van der Waals surface area contributed by atoms with Crippen LogP contribution >= 0.6 is 0 Å². The highest BCUT2D eigenvalue weighted by Gasteiger charge is 2.26. The normalized spacial score (nSPS) is 17.7. The molecule has 0 spiro atoms. The molecule has 2 aromatic carbocycles. The lowest BCUT2D eigenvalue weighted by Crippen LogP contribution is -2.40. The second kappa shape index (κ2) is 10.3. The van der Waals surface area contributed by atoms with Crippen LogP contribution in [0.5, 0.6) is 5.75 Å². The molecular weight excluding hydrogens is 388 g/mol. The summed E-state index contributed by atoms with van der Waals surface area (Å²) >= 11 is 0. The quantitative estimate of drug-likeness (QED) is 0.679. The predicted molar refractivity (Wildman–Crippen MR) is 123 cm³/mol. The van der Waals surface area contributed by atoms with E-state index in [4.69, 9.17) is 4.74 Å². The Labute approximate surface area is 184 Å². The summed E-state index contributed by atoms with van der Waals surface area (Å²) in [4.78, 5) is 26.9. The van der Waals surface area contributed by atoms with Gasteiger partial charge in [0.1, 0.15) is 5.75 Å². The van der Waals surface area contributed by atoms with Crippen LogP contribution < -0.4 is 10.1 Å². The first-order valence-corrected chi connectivity index (χ1v) is 11.3. The van der Waals surface area contributed by atoms with Crippen molar-refractivity contribution in [2.75, 3.05) is 18.4 Å². The van der Waals surface area contributed by atoms with Gasteiger partial charge in [-0.1, -0.05) is 30.3 Å². The number of anilines is 1. The Hall–Kier alpha value is -3.08. The van der Waals surface area contributed by atoms with Gasteiger partial charge in [0.05, 0.1) is 6.10 Å². The van der Waals surface area contributed by atoms with Gasteiger partial charge in [-0.2, -0.15) is 0 Å². The molecule has 0 radical (unpaired) electrons. The molecule has 1 heterocycles. The van der Waals surface area contributed by atoms with Crippen LogP contribution in [0.3, 0.4) is 0 Å². The lowest BCUT2D eigenvalue weighted by atomic mass is 9.95. The fraction of sp³-hybridized carbons (Fsp3) is 0.385. The molecule has 2 amide bonds. The molecule has 5 heteroatoms. The summed E-state index contributed by atoms with van der Waals surface area (Å²) in [6.07, 6.45) is 9.88. The van der Waals surface area contributed by atoms with Gasteiger partial charge in [-0.15, -0.1) is 0 Å². The molecule has 0 atom stereocenters. The highest BCUT2D eigenvalue weighted by molar-refractivity contribution is 5.94. The summed E-state index contributed by atoms with van der Waals surface area (Å²) in [6.45, 7) is 1.20. The van der Waals surface area contributed by atoms with E-state index in [9.17, 15) is 9.59 Å². The number of amides is 2. The van der Waals surface area contributed by atoms with Crippen molar-refractivity contribution in [3.8, 4) is 5.75 Å². The Kier molecular flexibility index (Phi) is 7.03. The van der Waals surface area contributed by atoms with E-state index in [2.05, 4.69) is 5.32 Å². The van der Waals surface area contributed by atoms with Crippen LogP contribution in [-0.2, 0) is 9.59 Å². The molecule has 1 aliphatic heterocycles. The highest BCUT2D eigenvalue weighted by Crippen LogP contribution is 2.26. The zero-order valence-corrected chi connectivity index (χ0v) is 17.8. The molecular formula is C26H30N2O3. The number of rotatable bonds is 6. The second-order valence-corrected chi connectivity index (χ2v) is 8.38. The Morgan fingerprint density at radius 1 is 0.903 bits per heavy atom. The molecule has 2 fully saturated rings. The van der Waals surface area contributed by atoms with Crippen LogP contribution in [0.15, 0.2) is 60.7 Å². The molecule has 162 valence electrons. The molecule has 0 bridgehead atoms. The van der Waals surface area contributed by atoms with Gasteiger partial charge in [0.25, 0.3) is 0 Å². The van der Waals surface area contributed by atoms with Crippen molar-refractivity contribution in [3.63, 3.8) is 0 Å². The molecule has 0 unspecified atom stereocenters. The van der Waals surface area contributed by atoms with Crippen molar-refractivity contribution in [2.45, 2.75) is 44.6 Å². The SMILES string of the molecule is O=C(Nc1ccc(OC2CCCC2)cc1)C1CCN(C(=O)/C=C/c2ccccc2)CC1. The fourth-order valence-electron chi connectivity index (χ4n) is 4.26. The van der Waals surface area contributed by atoms with E-state index in [1.54, 1.807) is 6.08 Å². The van der Waals surface area contributed by atoms with E-state index in [0.717, 1.165) is 29.8 Å². The molecule has 2 aromatic rings. The molecule has 5 nitrogen and oxygen atoms in total. The van der Waals surface area contributed by atoms with E-state index in [-0.39, 0.29) is 17.7 Å². The number of piperidine rings is 1. The third-order valence-electron chi connectivity index (χ3n) is 6.12. The van der Waals surface area contributed by atoms with E-state index in [1.165, 1.54) is 12.8 Å². The number of nitrogens with one attached hydrogen (secondary N) is 1. The largest absolute Gasteiger partial charge is 0.490 e. The first-order valence-electron chi connectivity index (χ1n) is 11.3. The van der Waals surface area contributed by atoms with Crippen LogP contribution in [0.2, 0.25) is 0 Å². The van der Waals surface area contributed by atoms with E-state index in [1.807, 2.05) is 65.6 Å². The van der Waals surface area contributed by atoms with Crippen molar-refractivity contribution in [1.29, 1.82) is 0 Å². The summed E-state index contributed by atoms with van der Waals surface area (Å²) in [5, 5.41) is 3.01. The summed E-state index contributed by atoms with van der Waals surface area (Å²) in [5.41, 5.74) is 1.79. The van der Waals surface area contributed by atoms with Gasteiger partial charge in [0, 0.05) is 30.8 Å². The zero-order valence-electron chi connectivity index (χ0n) is 17.8. The number of hydrogen-bond acceptors (Lipinski definition) is 3. The minimum Gasteiger partial charge on any atom is -0.490 e. The molecule has 2 aliphatic rings. The molecule has 1 N–H and O–H groups in total. The third kappa shape index (κ3) is 5.97. The van der Waals surface area contributed by atoms with Crippen LogP contribution in [0.1, 0.15) is 44.1 Å².